The van der Waals surface area contributed by atoms with Crippen molar-refractivity contribution in [3.05, 3.63) is 34.1 Å². The maximum Gasteiger partial charge on any atom is 0.137 e. The van der Waals surface area contributed by atoms with Gasteiger partial charge in [-0.2, -0.15) is 0 Å². The second kappa shape index (κ2) is 7.70. The largest absolute Gasteiger partial charge is 0.313 e. The van der Waals surface area contributed by atoms with Crippen molar-refractivity contribution in [3.63, 3.8) is 0 Å². The normalized spacial score (nSPS) is 20.4. The molecule has 2 unspecified atom stereocenters. The lowest BCUT2D eigenvalue weighted by Gasteiger charge is -2.33. The molecule has 0 saturated carbocycles. The van der Waals surface area contributed by atoms with E-state index in [2.05, 4.69) is 46.9 Å². The first-order valence-electron chi connectivity index (χ1n) is 7.89. The summed E-state index contributed by atoms with van der Waals surface area (Å²) in [6, 6.07) is 6.26. The van der Waals surface area contributed by atoms with Crippen molar-refractivity contribution < 1.29 is 4.39 Å². The van der Waals surface area contributed by atoms with Crippen molar-refractivity contribution in [2.24, 2.45) is 5.92 Å². The number of rotatable bonds is 6. The summed E-state index contributed by atoms with van der Waals surface area (Å²) in [5.41, 5.74) is 1.17. The van der Waals surface area contributed by atoms with Crippen LogP contribution in [0.15, 0.2) is 22.7 Å². The van der Waals surface area contributed by atoms with Crippen molar-refractivity contribution in [1.82, 2.24) is 10.2 Å². The van der Waals surface area contributed by atoms with Crippen molar-refractivity contribution in [2.45, 2.75) is 45.7 Å². The van der Waals surface area contributed by atoms with E-state index in [9.17, 15) is 4.39 Å². The van der Waals surface area contributed by atoms with Gasteiger partial charge >= 0.3 is 0 Å². The first-order valence-corrected chi connectivity index (χ1v) is 8.69. The van der Waals surface area contributed by atoms with E-state index >= 15 is 0 Å². The van der Waals surface area contributed by atoms with Gasteiger partial charge in [0.25, 0.3) is 0 Å². The summed E-state index contributed by atoms with van der Waals surface area (Å²) in [4.78, 5) is 2.52. The van der Waals surface area contributed by atoms with Gasteiger partial charge in [-0.05, 0) is 65.9 Å². The third kappa shape index (κ3) is 4.76. The molecular weight excluding hydrogens is 331 g/mol. The molecule has 0 bridgehead atoms. The highest BCUT2D eigenvalue weighted by atomic mass is 79.9. The van der Waals surface area contributed by atoms with Crippen molar-refractivity contribution in [1.29, 1.82) is 0 Å². The van der Waals surface area contributed by atoms with Gasteiger partial charge in [0.1, 0.15) is 5.82 Å². The molecule has 1 aliphatic rings. The van der Waals surface area contributed by atoms with E-state index in [1.54, 1.807) is 6.07 Å². The van der Waals surface area contributed by atoms with Crippen LogP contribution in [0, 0.1) is 11.7 Å². The highest BCUT2D eigenvalue weighted by Crippen LogP contribution is 2.26. The smallest absolute Gasteiger partial charge is 0.137 e. The average molecular weight is 357 g/mol. The maximum absolute atomic E-state index is 13.4. The number of benzene rings is 1. The molecule has 1 N–H and O–H groups in total. The summed E-state index contributed by atoms with van der Waals surface area (Å²) in [5.74, 6) is 0.427. The summed E-state index contributed by atoms with van der Waals surface area (Å²) >= 11 is 3.30. The molecule has 2 atom stereocenters. The molecule has 4 heteroatoms. The van der Waals surface area contributed by atoms with Crippen LogP contribution in [0.1, 0.15) is 45.2 Å². The van der Waals surface area contributed by atoms with Gasteiger partial charge in [0.2, 0.25) is 0 Å². The molecular formula is C17H26BrFN2. The Labute approximate surface area is 136 Å². The summed E-state index contributed by atoms with van der Waals surface area (Å²) in [5, 5.41) is 3.58. The third-order valence-electron chi connectivity index (χ3n) is 4.19. The lowest BCUT2D eigenvalue weighted by molar-refractivity contribution is 0.171. The Morgan fingerprint density at radius 2 is 2.14 bits per heavy atom. The molecule has 2 nitrogen and oxygen atoms in total. The number of hydrogen-bond donors (Lipinski definition) is 1. The van der Waals surface area contributed by atoms with Gasteiger partial charge in [-0.1, -0.05) is 19.9 Å². The summed E-state index contributed by atoms with van der Waals surface area (Å²) in [6.45, 7) is 9.99. The standard InChI is InChI=1S/C17H26BrFN2/c1-12(2)10-21(11-15-5-4-8-20-15)13(3)14-6-7-17(19)16(18)9-14/h6-7,9,12-13,15,20H,4-5,8,10-11H2,1-3H3. The van der Waals surface area contributed by atoms with E-state index in [0.717, 1.165) is 19.6 Å². The fourth-order valence-electron chi connectivity index (χ4n) is 3.04. The first-order chi connectivity index (χ1) is 9.97. The molecule has 1 fully saturated rings. The van der Waals surface area contributed by atoms with Gasteiger partial charge in [-0.3, -0.25) is 4.90 Å². The van der Waals surface area contributed by atoms with E-state index in [1.807, 2.05) is 12.1 Å². The van der Waals surface area contributed by atoms with Crippen molar-refractivity contribution in [3.8, 4) is 0 Å². The SMILES string of the molecule is CC(C)CN(CC1CCCN1)C(C)c1ccc(F)c(Br)c1. The Bertz CT molecular complexity index is 458. The zero-order valence-corrected chi connectivity index (χ0v) is 14.8. The van der Waals surface area contributed by atoms with Crippen molar-refractivity contribution in [2.75, 3.05) is 19.6 Å². The predicted octanol–water partition coefficient (Wildman–Crippen LogP) is 4.36. The second-order valence-corrected chi connectivity index (χ2v) is 7.34. The molecule has 2 rings (SSSR count). The van der Waals surface area contributed by atoms with Gasteiger partial charge in [0, 0.05) is 25.2 Å². The molecule has 0 aromatic heterocycles. The highest BCUT2D eigenvalue weighted by Gasteiger charge is 2.23. The van der Waals surface area contributed by atoms with Crippen LogP contribution in [-0.4, -0.2) is 30.6 Å². The monoisotopic (exact) mass is 356 g/mol. The molecule has 0 aliphatic carbocycles. The quantitative estimate of drug-likeness (QED) is 0.814. The fraction of sp³-hybridized carbons (Fsp3) is 0.647. The maximum atomic E-state index is 13.4. The van der Waals surface area contributed by atoms with E-state index in [1.165, 1.54) is 18.4 Å². The lowest BCUT2D eigenvalue weighted by atomic mass is 10.0. The van der Waals surface area contributed by atoms with Crippen molar-refractivity contribution >= 4 is 15.9 Å². The van der Waals surface area contributed by atoms with E-state index < -0.39 is 0 Å². The minimum Gasteiger partial charge on any atom is -0.313 e. The van der Waals surface area contributed by atoms with Gasteiger partial charge in [-0.25, -0.2) is 4.39 Å². The molecule has 118 valence electrons. The topological polar surface area (TPSA) is 15.3 Å². The van der Waals surface area contributed by atoms with Crippen LogP contribution in [0.25, 0.3) is 0 Å². The molecule has 0 radical (unpaired) electrons. The fourth-order valence-corrected chi connectivity index (χ4v) is 3.43. The van der Waals surface area contributed by atoms with Crippen LogP contribution in [0.3, 0.4) is 0 Å². The zero-order chi connectivity index (χ0) is 15.4. The Balaban J connectivity index is 2.11. The van der Waals surface area contributed by atoms with Crippen LogP contribution in [0.4, 0.5) is 4.39 Å². The summed E-state index contributed by atoms with van der Waals surface area (Å²) in [7, 11) is 0. The lowest BCUT2D eigenvalue weighted by Crippen LogP contribution is -2.40. The minimum absolute atomic E-state index is 0.196. The molecule has 0 amide bonds. The summed E-state index contributed by atoms with van der Waals surface area (Å²) in [6.07, 6.45) is 2.53. The van der Waals surface area contributed by atoms with Crippen LogP contribution < -0.4 is 5.32 Å². The molecule has 1 heterocycles. The molecule has 1 saturated heterocycles. The Hall–Kier alpha value is -0.450. The number of nitrogens with one attached hydrogen (secondary N) is 1. The first kappa shape index (κ1) is 16.9. The van der Waals surface area contributed by atoms with E-state index in [0.29, 0.717) is 22.5 Å². The third-order valence-corrected chi connectivity index (χ3v) is 4.80. The predicted molar refractivity (Wildman–Crippen MR) is 90.0 cm³/mol. The van der Waals surface area contributed by atoms with E-state index in [4.69, 9.17) is 0 Å². The molecule has 1 aliphatic heterocycles. The highest BCUT2D eigenvalue weighted by molar-refractivity contribution is 9.10. The van der Waals surface area contributed by atoms with Gasteiger partial charge in [0.15, 0.2) is 0 Å². The van der Waals surface area contributed by atoms with E-state index in [-0.39, 0.29) is 5.82 Å². The number of halogens is 2. The minimum atomic E-state index is -0.196. The average Bonchev–Trinajstić information content (AvgIpc) is 2.93. The number of hydrogen-bond acceptors (Lipinski definition) is 2. The Morgan fingerprint density at radius 3 is 2.71 bits per heavy atom. The zero-order valence-electron chi connectivity index (χ0n) is 13.2. The van der Waals surface area contributed by atoms with Crippen LogP contribution >= 0.6 is 15.9 Å². The van der Waals surface area contributed by atoms with Gasteiger partial charge < -0.3 is 5.32 Å². The summed E-state index contributed by atoms with van der Waals surface area (Å²) < 4.78 is 14.0. The second-order valence-electron chi connectivity index (χ2n) is 6.49. The van der Waals surface area contributed by atoms with Crippen LogP contribution in [0.5, 0.6) is 0 Å². The van der Waals surface area contributed by atoms with Crippen LogP contribution in [-0.2, 0) is 0 Å². The molecule has 1 aromatic rings. The molecule has 21 heavy (non-hydrogen) atoms. The Morgan fingerprint density at radius 1 is 1.38 bits per heavy atom. The molecule has 0 spiro atoms. The van der Waals surface area contributed by atoms with Crippen LogP contribution in [0.2, 0.25) is 0 Å². The molecule has 1 aromatic carbocycles. The van der Waals surface area contributed by atoms with Gasteiger partial charge in [-0.15, -0.1) is 0 Å². The number of nitrogens with zero attached hydrogens (tertiary/aromatic N) is 1. The Kier molecular flexibility index (Phi) is 6.20. The van der Waals surface area contributed by atoms with Gasteiger partial charge in [0.05, 0.1) is 4.47 Å².